The van der Waals surface area contributed by atoms with Crippen molar-refractivity contribution >= 4 is 33.4 Å². The second kappa shape index (κ2) is 6.75. The quantitative estimate of drug-likeness (QED) is 0.713. The van der Waals surface area contributed by atoms with Gasteiger partial charge in [-0.05, 0) is 52.7 Å². The average molecular weight is 370 g/mol. The number of nitrogens with zero attached hydrogens (tertiary/aromatic N) is 3. The Morgan fingerprint density at radius 1 is 1.00 bits per heavy atom. The van der Waals surface area contributed by atoms with Crippen LogP contribution in [0.15, 0.2) is 53.1 Å². The Kier molecular flexibility index (Phi) is 4.52. The van der Waals surface area contributed by atoms with E-state index in [9.17, 15) is 0 Å². The minimum Gasteiger partial charge on any atom is -0.357 e. The highest BCUT2D eigenvalue weighted by Gasteiger charge is 2.08. The lowest BCUT2D eigenvalue weighted by Gasteiger charge is -2.11. The van der Waals surface area contributed by atoms with Crippen LogP contribution in [0.4, 0.5) is 17.5 Å². The van der Waals surface area contributed by atoms with Crippen molar-refractivity contribution in [3.63, 3.8) is 0 Å². The van der Waals surface area contributed by atoms with E-state index in [4.69, 9.17) is 0 Å². The third kappa shape index (κ3) is 3.65. The molecule has 0 bridgehead atoms. The number of benzene rings is 1. The first kappa shape index (κ1) is 15.4. The summed E-state index contributed by atoms with van der Waals surface area (Å²) in [7, 11) is 1.79. The van der Waals surface area contributed by atoms with Gasteiger partial charge in [-0.15, -0.1) is 0 Å². The van der Waals surface area contributed by atoms with Gasteiger partial charge in [0.15, 0.2) is 0 Å². The van der Waals surface area contributed by atoms with Crippen molar-refractivity contribution in [3.8, 4) is 11.4 Å². The van der Waals surface area contributed by atoms with Crippen molar-refractivity contribution < 1.29 is 0 Å². The number of aryl methyl sites for hydroxylation is 1. The molecule has 0 aliphatic heterocycles. The summed E-state index contributed by atoms with van der Waals surface area (Å²) in [5, 5.41) is 6.30. The molecule has 116 valence electrons. The van der Waals surface area contributed by atoms with E-state index in [-0.39, 0.29) is 0 Å². The minimum atomic E-state index is 0.541. The molecule has 2 aromatic heterocycles. The summed E-state index contributed by atoms with van der Waals surface area (Å²) < 4.78 is 0.988. The van der Waals surface area contributed by atoms with Gasteiger partial charge in [-0.2, -0.15) is 4.98 Å². The standard InChI is InChI=1S/C17H16BrN5/c1-11-6-7-13(12(18)9-11)21-16-10-15(22-17(19-2)23-16)14-5-3-4-8-20-14/h3-10H,1-2H3,(H2,19,21,22,23). The Hall–Kier alpha value is -2.47. The molecular formula is C17H16BrN5. The number of nitrogens with one attached hydrogen (secondary N) is 2. The fourth-order valence-electron chi connectivity index (χ4n) is 2.13. The Labute approximate surface area is 143 Å². The number of rotatable bonds is 4. The second-order valence-corrected chi connectivity index (χ2v) is 5.89. The summed E-state index contributed by atoms with van der Waals surface area (Å²) >= 11 is 3.57. The van der Waals surface area contributed by atoms with E-state index in [0.717, 1.165) is 21.5 Å². The number of halogens is 1. The monoisotopic (exact) mass is 369 g/mol. The molecule has 0 saturated heterocycles. The fourth-order valence-corrected chi connectivity index (χ4v) is 2.72. The highest BCUT2D eigenvalue weighted by molar-refractivity contribution is 9.10. The van der Waals surface area contributed by atoms with Crippen molar-refractivity contribution in [2.24, 2.45) is 0 Å². The first-order chi connectivity index (χ1) is 11.2. The van der Waals surface area contributed by atoms with Crippen molar-refractivity contribution in [2.45, 2.75) is 6.92 Å². The molecule has 0 aliphatic carbocycles. The Morgan fingerprint density at radius 3 is 2.57 bits per heavy atom. The van der Waals surface area contributed by atoms with Gasteiger partial charge >= 0.3 is 0 Å². The van der Waals surface area contributed by atoms with Crippen LogP contribution in [0.3, 0.4) is 0 Å². The fraction of sp³-hybridized carbons (Fsp3) is 0.118. The van der Waals surface area contributed by atoms with Gasteiger partial charge in [0.25, 0.3) is 0 Å². The van der Waals surface area contributed by atoms with Gasteiger partial charge in [-0.25, -0.2) is 4.98 Å². The van der Waals surface area contributed by atoms with E-state index in [2.05, 4.69) is 54.5 Å². The number of pyridine rings is 1. The van der Waals surface area contributed by atoms with Crippen LogP contribution in [0.2, 0.25) is 0 Å². The zero-order chi connectivity index (χ0) is 16.2. The molecule has 0 radical (unpaired) electrons. The molecule has 0 aliphatic rings. The van der Waals surface area contributed by atoms with Crippen molar-refractivity contribution in [1.82, 2.24) is 15.0 Å². The molecule has 23 heavy (non-hydrogen) atoms. The maximum absolute atomic E-state index is 4.46. The summed E-state index contributed by atoms with van der Waals surface area (Å²) in [4.78, 5) is 13.3. The molecule has 0 atom stereocenters. The number of hydrogen-bond acceptors (Lipinski definition) is 5. The predicted molar refractivity (Wildman–Crippen MR) is 97.0 cm³/mol. The number of anilines is 3. The van der Waals surface area contributed by atoms with Crippen LogP contribution in [0.1, 0.15) is 5.56 Å². The Morgan fingerprint density at radius 2 is 1.87 bits per heavy atom. The molecule has 0 spiro atoms. The van der Waals surface area contributed by atoms with Gasteiger partial charge in [-0.1, -0.05) is 12.1 Å². The first-order valence-corrected chi connectivity index (χ1v) is 7.96. The molecule has 0 amide bonds. The van der Waals surface area contributed by atoms with Gasteiger partial charge in [-0.3, -0.25) is 4.98 Å². The van der Waals surface area contributed by atoms with E-state index in [0.29, 0.717) is 11.8 Å². The SMILES string of the molecule is CNc1nc(Nc2ccc(C)cc2Br)cc(-c2ccccn2)n1. The van der Waals surface area contributed by atoms with Crippen LogP contribution in [0.5, 0.6) is 0 Å². The van der Waals surface area contributed by atoms with Crippen molar-refractivity contribution in [2.75, 3.05) is 17.7 Å². The lowest BCUT2D eigenvalue weighted by Crippen LogP contribution is -2.03. The maximum Gasteiger partial charge on any atom is 0.225 e. The average Bonchev–Trinajstić information content (AvgIpc) is 2.58. The van der Waals surface area contributed by atoms with Gasteiger partial charge in [0, 0.05) is 23.8 Å². The summed E-state index contributed by atoms with van der Waals surface area (Å²) in [5.41, 5.74) is 3.70. The Balaban J connectivity index is 1.99. The van der Waals surface area contributed by atoms with Crippen molar-refractivity contribution in [1.29, 1.82) is 0 Å². The van der Waals surface area contributed by atoms with Crippen LogP contribution in [0, 0.1) is 6.92 Å². The van der Waals surface area contributed by atoms with Crippen molar-refractivity contribution in [3.05, 3.63) is 58.7 Å². The zero-order valence-electron chi connectivity index (χ0n) is 12.8. The van der Waals surface area contributed by atoms with Crippen LogP contribution in [-0.2, 0) is 0 Å². The highest BCUT2D eigenvalue weighted by Crippen LogP contribution is 2.28. The smallest absolute Gasteiger partial charge is 0.225 e. The predicted octanol–water partition coefficient (Wildman–Crippen LogP) is 4.39. The second-order valence-electron chi connectivity index (χ2n) is 5.04. The van der Waals surface area contributed by atoms with Crippen LogP contribution in [0.25, 0.3) is 11.4 Å². The van der Waals surface area contributed by atoms with Gasteiger partial charge < -0.3 is 10.6 Å². The third-order valence-electron chi connectivity index (χ3n) is 3.26. The molecular weight excluding hydrogens is 354 g/mol. The largest absolute Gasteiger partial charge is 0.357 e. The minimum absolute atomic E-state index is 0.541. The number of hydrogen-bond donors (Lipinski definition) is 2. The first-order valence-electron chi connectivity index (χ1n) is 7.17. The van der Waals surface area contributed by atoms with E-state index >= 15 is 0 Å². The molecule has 2 heterocycles. The van der Waals surface area contributed by atoms with E-state index in [1.54, 1.807) is 13.2 Å². The topological polar surface area (TPSA) is 62.7 Å². The zero-order valence-corrected chi connectivity index (χ0v) is 14.4. The summed E-state index contributed by atoms with van der Waals surface area (Å²) in [6, 6.07) is 13.7. The summed E-state index contributed by atoms with van der Waals surface area (Å²) in [5.74, 6) is 1.24. The summed E-state index contributed by atoms with van der Waals surface area (Å²) in [6.07, 6.45) is 1.75. The van der Waals surface area contributed by atoms with Crippen LogP contribution < -0.4 is 10.6 Å². The maximum atomic E-state index is 4.46. The molecule has 0 saturated carbocycles. The highest BCUT2D eigenvalue weighted by atomic mass is 79.9. The third-order valence-corrected chi connectivity index (χ3v) is 3.92. The number of aromatic nitrogens is 3. The lowest BCUT2D eigenvalue weighted by atomic mass is 10.2. The molecule has 5 nitrogen and oxygen atoms in total. The Bertz CT molecular complexity index is 820. The molecule has 3 aromatic rings. The normalized spacial score (nSPS) is 10.4. The van der Waals surface area contributed by atoms with E-state index < -0.39 is 0 Å². The van der Waals surface area contributed by atoms with E-state index in [1.807, 2.05) is 36.4 Å². The van der Waals surface area contributed by atoms with Gasteiger partial charge in [0.05, 0.1) is 17.1 Å². The molecule has 1 aromatic carbocycles. The van der Waals surface area contributed by atoms with E-state index in [1.165, 1.54) is 5.56 Å². The van der Waals surface area contributed by atoms with Gasteiger partial charge in [0.2, 0.25) is 5.95 Å². The molecule has 0 fully saturated rings. The van der Waals surface area contributed by atoms with Gasteiger partial charge in [0.1, 0.15) is 5.82 Å². The van der Waals surface area contributed by atoms with Crippen LogP contribution in [-0.4, -0.2) is 22.0 Å². The summed E-state index contributed by atoms with van der Waals surface area (Å²) in [6.45, 7) is 2.05. The molecule has 2 N–H and O–H groups in total. The lowest BCUT2D eigenvalue weighted by molar-refractivity contribution is 1.14. The molecule has 0 unspecified atom stereocenters. The van der Waals surface area contributed by atoms with Crippen LogP contribution >= 0.6 is 15.9 Å². The molecule has 6 heteroatoms. The molecule has 3 rings (SSSR count).